The molecule has 1 aliphatic rings. The van der Waals surface area contributed by atoms with Gasteiger partial charge in [-0.2, -0.15) is 4.98 Å². The summed E-state index contributed by atoms with van der Waals surface area (Å²) in [5, 5.41) is 3.22. The van der Waals surface area contributed by atoms with Crippen LogP contribution in [0.4, 0.5) is 11.8 Å². The summed E-state index contributed by atoms with van der Waals surface area (Å²) in [6.07, 6.45) is 2.35. The number of nitrogens with one attached hydrogen (secondary N) is 1. The van der Waals surface area contributed by atoms with Crippen LogP contribution in [0.15, 0.2) is 12.3 Å². The van der Waals surface area contributed by atoms with E-state index >= 15 is 0 Å². The van der Waals surface area contributed by atoms with Crippen molar-refractivity contribution in [1.29, 1.82) is 0 Å². The molecule has 0 bridgehead atoms. The summed E-state index contributed by atoms with van der Waals surface area (Å²) in [5.41, 5.74) is -0.117. The molecule has 112 valence electrons. The Morgan fingerprint density at radius 2 is 2.10 bits per heavy atom. The first-order chi connectivity index (χ1) is 9.16. The average Bonchev–Trinajstić information content (AvgIpc) is 2.67. The van der Waals surface area contributed by atoms with Gasteiger partial charge in [0.25, 0.3) is 0 Å². The van der Waals surface area contributed by atoms with Crippen LogP contribution in [0.1, 0.15) is 27.2 Å². The van der Waals surface area contributed by atoms with Crippen LogP contribution in [-0.2, 0) is 9.84 Å². The Morgan fingerprint density at radius 1 is 1.40 bits per heavy atom. The van der Waals surface area contributed by atoms with Crippen molar-refractivity contribution in [2.24, 2.45) is 0 Å². The molecule has 6 nitrogen and oxygen atoms in total. The van der Waals surface area contributed by atoms with Crippen molar-refractivity contribution in [3.8, 4) is 0 Å². The van der Waals surface area contributed by atoms with Crippen molar-refractivity contribution in [1.82, 2.24) is 9.97 Å². The minimum absolute atomic E-state index is 0.00242. The van der Waals surface area contributed by atoms with Crippen LogP contribution in [-0.4, -0.2) is 48.5 Å². The predicted octanol–water partition coefficient (Wildman–Crippen LogP) is 1.31. The van der Waals surface area contributed by atoms with Crippen LogP contribution < -0.4 is 10.2 Å². The fraction of sp³-hybridized carbons (Fsp3) is 0.692. The molecule has 1 aromatic heterocycles. The Bertz CT molecular complexity index is 580. The second-order valence-electron chi connectivity index (χ2n) is 6.28. The highest BCUT2D eigenvalue weighted by molar-refractivity contribution is 7.91. The molecule has 0 aliphatic carbocycles. The third kappa shape index (κ3) is 3.82. The van der Waals surface area contributed by atoms with E-state index in [2.05, 4.69) is 15.3 Å². The third-order valence-corrected chi connectivity index (χ3v) is 5.00. The molecule has 1 aliphatic heterocycles. The molecule has 7 heteroatoms. The molecule has 1 N–H and O–H groups in total. The Kier molecular flexibility index (Phi) is 3.90. The molecule has 0 spiro atoms. The van der Waals surface area contributed by atoms with Gasteiger partial charge in [0.05, 0.1) is 11.5 Å². The second-order valence-corrected chi connectivity index (χ2v) is 8.51. The number of anilines is 2. The van der Waals surface area contributed by atoms with Gasteiger partial charge >= 0.3 is 0 Å². The van der Waals surface area contributed by atoms with Gasteiger partial charge in [-0.05, 0) is 33.3 Å². The summed E-state index contributed by atoms with van der Waals surface area (Å²) in [5.74, 6) is 1.77. The van der Waals surface area contributed by atoms with Crippen LogP contribution in [0.2, 0.25) is 0 Å². The largest absolute Gasteiger partial charge is 0.355 e. The molecular weight excluding hydrogens is 276 g/mol. The van der Waals surface area contributed by atoms with Gasteiger partial charge in [0.1, 0.15) is 5.82 Å². The van der Waals surface area contributed by atoms with Crippen molar-refractivity contribution >= 4 is 21.6 Å². The lowest BCUT2D eigenvalue weighted by molar-refractivity contribution is 0.600. The Balaban J connectivity index is 2.15. The topological polar surface area (TPSA) is 75.2 Å². The van der Waals surface area contributed by atoms with Crippen molar-refractivity contribution in [3.63, 3.8) is 0 Å². The van der Waals surface area contributed by atoms with Gasteiger partial charge in [-0.15, -0.1) is 0 Å². The summed E-state index contributed by atoms with van der Waals surface area (Å²) < 4.78 is 23.1. The van der Waals surface area contributed by atoms with E-state index in [0.717, 1.165) is 5.82 Å². The lowest BCUT2D eigenvalue weighted by atomic mass is 10.1. The van der Waals surface area contributed by atoms with E-state index in [1.54, 1.807) is 12.3 Å². The lowest BCUT2D eigenvalue weighted by Crippen LogP contribution is -2.34. The number of aromatic nitrogens is 2. The summed E-state index contributed by atoms with van der Waals surface area (Å²) in [6, 6.07) is 1.80. The molecular formula is C13H22N4O2S. The molecule has 1 unspecified atom stereocenters. The van der Waals surface area contributed by atoms with Gasteiger partial charge in [0.15, 0.2) is 9.84 Å². The average molecular weight is 298 g/mol. The van der Waals surface area contributed by atoms with Crippen LogP contribution in [0.5, 0.6) is 0 Å². The smallest absolute Gasteiger partial charge is 0.225 e. The number of hydrogen-bond donors (Lipinski definition) is 1. The summed E-state index contributed by atoms with van der Waals surface area (Å²) in [7, 11) is -1.00. The maximum absolute atomic E-state index is 11.6. The highest BCUT2D eigenvalue weighted by Gasteiger charge is 2.31. The summed E-state index contributed by atoms with van der Waals surface area (Å²) in [6.45, 7) is 6.11. The Labute approximate surface area is 120 Å². The zero-order valence-electron chi connectivity index (χ0n) is 12.4. The van der Waals surface area contributed by atoms with Crippen molar-refractivity contribution in [2.45, 2.75) is 38.8 Å². The summed E-state index contributed by atoms with van der Waals surface area (Å²) in [4.78, 5) is 10.6. The minimum Gasteiger partial charge on any atom is -0.355 e. The summed E-state index contributed by atoms with van der Waals surface area (Å²) >= 11 is 0. The van der Waals surface area contributed by atoms with Crippen molar-refractivity contribution in [3.05, 3.63) is 12.3 Å². The van der Waals surface area contributed by atoms with Crippen molar-refractivity contribution in [2.75, 3.05) is 28.8 Å². The second kappa shape index (κ2) is 5.20. The van der Waals surface area contributed by atoms with Gasteiger partial charge in [0.2, 0.25) is 5.95 Å². The molecule has 1 atom stereocenters. The standard InChI is InChI=1S/C13H22N4O2S/c1-13(2,3)16-12-14-7-5-11(15-12)17(4)10-6-8-20(18,19)9-10/h5,7,10H,6,8-9H2,1-4H3,(H,14,15,16). The Morgan fingerprint density at radius 3 is 2.65 bits per heavy atom. The van der Waals surface area contributed by atoms with E-state index in [1.165, 1.54) is 0 Å². The third-order valence-electron chi connectivity index (χ3n) is 3.25. The first-order valence-electron chi connectivity index (χ1n) is 6.71. The van der Waals surface area contributed by atoms with E-state index in [4.69, 9.17) is 0 Å². The number of rotatable bonds is 3. The first-order valence-corrected chi connectivity index (χ1v) is 8.53. The molecule has 2 heterocycles. The highest BCUT2D eigenvalue weighted by atomic mass is 32.2. The van der Waals surface area contributed by atoms with Crippen LogP contribution >= 0.6 is 0 Å². The molecule has 0 saturated carbocycles. The fourth-order valence-electron chi connectivity index (χ4n) is 2.21. The monoisotopic (exact) mass is 298 g/mol. The fourth-order valence-corrected chi connectivity index (χ4v) is 3.98. The molecule has 2 rings (SSSR count). The van der Waals surface area contributed by atoms with Gasteiger partial charge in [-0.1, -0.05) is 0 Å². The molecule has 1 aromatic rings. The molecule has 1 fully saturated rings. The van der Waals surface area contributed by atoms with Crippen molar-refractivity contribution < 1.29 is 8.42 Å². The van der Waals surface area contributed by atoms with E-state index in [1.807, 2.05) is 32.7 Å². The molecule has 0 aromatic carbocycles. The number of nitrogens with zero attached hydrogens (tertiary/aromatic N) is 3. The van der Waals surface area contributed by atoms with Gasteiger partial charge in [-0.3, -0.25) is 0 Å². The molecule has 1 saturated heterocycles. The quantitative estimate of drug-likeness (QED) is 0.907. The highest BCUT2D eigenvalue weighted by Crippen LogP contribution is 2.22. The zero-order chi connectivity index (χ0) is 15.0. The SMILES string of the molecule is CN(c1ccnc(NC(C)(C)C)n1)C1CCS(=O)(=O)C1. The lowest BCUT2D eigenvalue weighted by Gasteiger charge is -2.26. The normalized spacial score (nSPS) is 21.7. The zero-order valence-corrected chi connectivity index (χ0v) is 13.2. The first kappa shape index (κ1) is 15.0. The number of sulfone groups is 1. The molecule has 20 heavy (non-hydrogen) atoms. The van der Waals surface area contributed by atoms with E-state index in [0.29, 0.717) is 12.4 Å². The molecule has 0 amide bonds. The van der Waals surface area contributed by atoms with Gasteiger partial charge < -0.3 is 10.2 Å². The predicted molar refractivity (Wildman–Crippen MR) is 80.9 cm³/mol. The molecule has 0 radical (unpaired) electrons. The Hall–Kier alpha value is -1.37. The van der Waals surface area contributed by atoms with E-state index in [-0.39, 0.29) is 23.1 Å². The van der Waals surface area contributed by atoms with E-state index in [9.17, 15) is 8.42 Å². The van der Waals surface area contributed by atoms with Gasteiger partial charge in [-0.25, -0.2) is 13.4 Å². The van der Waals surface area contributed by atoms with Crippen LogP contribution in [0.3, 0.4) is 0 Å². The van der Waals surface area contributed by atoms with E-state index < -0.39 is 9.84 Å². The number of hydrogen-bond acceptors (Lipinski definition) is 6. The van der Waals surface area contributed by atoms with Crippen LogP contribution in [0.25, 0.3) is 0 Å². The maximum Gasteiger partial charge on any atom is 0.225 e. The van der Waals surface area contributed by atoms with Gasteiger partial charge in [0, 0.05) is 24.8 Å². The maximum atomic E-state index is 11.6. The van der Waals surface area contributed by atoms with Crippen LogP contribution in [0, 0.1) is 0 Å². The minimum atomic E-state index is -2.89.